The molecule has 0 fully saturated rings. The van der Waals surface area contributed by atoms with Crippen molar-refractivity contribution in [3.05, 3.63) is 46.2 Å². The number of hydrogen-bond donors (Lipinski definition) is 1. The Morgan fingerprint density at radius 3 is 2.89 bits per heavy atom. The first-order valence-corrected chi connectivity index (χ1v) is 6.58. The van der Waals surface area contributed by atoms with Crippen LogP contribution in [0.25, 0.3) is 0 Å². The maximum absolute atomic E-state index is 13.2. The van der Waals surface area contributed by atoms with Gasteiger partial charge in [-0.05, 0) is 25.1 Å². The van der Waals surface area contributed by atoms with Crippen molar-refractivity contribution in [1.29, 1.82) is 0 Å². The van der Waals surface area contributed by atoms with Gasteiger partial charge < -0.3 is 10.0 Å². The number of anilines is 1. The number of aliphatic hydroxyl groups excluding tert-OH is 1. The lowest BCUT2D eigenvalue weighted by atomic mass is 10.1. The largest absolute Gasteiger partial charge is 0.389 e. The molecule has 1 heterocycles. The van der Waals surface area contributed by atoms with Gasteiger partial charge in [0.05, 0.1) is 23.9 Å². The first kappa shape index (κ1) is 13.0. The summed E-state index contributed by atoms with van der Waals surface area (Å²) in [5, 5.41) is 11.7. The van der Waals surface area contributed by atoms with Gasteiger partial charge in [-0.1, -0.05) is 0 Å². The molecule has 0 unspecified atom stereocenters. The molecule has 2 aromatic rings. The molecule has 1 atom stereocenters. The van der Waals surface area contributed by atoms with E-state index in [0.717, 1.165) is 11.4 Å². The quantitative estimate of drug-likeness (QED) is 0.924. The second-order valence-electron chi connectivity index (χ2n) is 4.21. The van der Waals surface area contributed by atoms with Crippen molar-refractivity contribution in [3.8, 4) is 0 Å². The van der Waals surface area contributed by atoms with Gasteiger partial charge in [0.2, 0.25) is 0 Å². The predicted octanol–water partition coefficient (Wildman–Crippen LogP) is 2.97. The molecule has 5 heteroatoms. The van der Waals surface area contributed by atoms with Gasteiger partial charge in [0.15, 0.2) is 0 Å². The summed E-state index contributed by atoms with van der Waals surface area (Å²) in [4.78, 5) is 6.17. The highest BCUT2D eigenvalue weighted by molar-refractivity contribution is 7.07. The zero-order valence-electron chi connectivity index (χ0n) is 10.3. The van der Waals surface area contributed by atoms with Crippen LogP contribution in [-0.2, 0) is 6.54 Å². The summed E-state index contributed by atoms with van der Waals surface area (Å²) >= 11 is 1.54. The number of rotatable bonds is 4. The lowest BCUT2D eigenvalue weighted by Gasteiger charge is -2.23. The monoisotopic (exact) mass is 266 g/mol. The van der Waals surface area contributed by atoms with Crippen LogP contribution in [-0.4, -0.2) is 17.1 Å². The summed E-state index contributed by atoms with van der Waals surface area (Å²) in [5.74, 6) is -0.336. The van der Waals surface area contributed by atoms with Gasteiger partial charge in [-0.3, -0.25) is 0 Å². The van der Waals surface area contributed by atoms with E-state index in [2.05, 4.69) is 4.98 Å². The van der Waals surface area contributed by atoms with Gasteiger partial charge in [0.1, 0.15) is 5.82 Å². The zero-order valence-corrected chi connectivity index (χ0v) is 11.1. The summed E-state index contributed by atoms with van der Waals surface area (Å²) in [5.41, 5.74) is 4.15. The lowest BCUT2D eigenvalue weighted by Crippen LogP contribution is -2.19. The van der Waals surface area contributed by atoms with Crippen LogP contribution < -0.4 is 4.90 Å². The SMILES string of the molecule is C[C@H](O)c1cc(F)ccc1N(C)Cc1cscn1. The Labute approximate surface area is 110 Å². The Morgan fingerprint density at radius 1 is 1.50 bits per heavy atom. The fourth-order valence-electron chi connectivity index (χ4n) is 1.85. The molecule has 3 nitrogen and oxygen atoms in total. The average Bonchev–Trinajstić information content (AvgIpc) is 2.81. The summed E-state index contributed by atoms with van der Waals surface area (Å²) in [6.45, 7) is 2.27. The predicted molar refractivity (Wildman–Crippen MR) is 71.3 cm³/mol. The fraction of sp³-hybridized carbons (Fsp3) is 0.308. The van der Waals surface area contributed by atoms with Crippen LogP contribution in [0.4, 0.5) is 10.1 Å². The summed E-state index contributed by atoms with van der Waals surface area (Å²) in [6, 6.07) is 4.46. The van der Waals surface area contributed by atoms with Gasteiger partial charge in [0, 0.05) is 23.7 Å². The minimum absolute atomic E-state index is 0.336. The summed E-state index contributed by atoms with van der Waals surface area (Å²) < 4.78 is 13.2. The van der Waals surface area contributed by atoms with E-state index in [1.54, 1.807) is 29.8 Å². The standard InChI is InChI=1S/C13H15FN2OS/c1-9(17)12-5-10(14)3-4-13(12)16(2)6-11-7-18-8-15-11/h3-5,7-9,17H,6H2,1-2H3/t9-/m0/s1. The molecule has 2 rings (SSSR count). The minimum Gasteiger partial charge on any atom is -0.389 e. The maximum Gasteiger partial charge on any atom is 0.123 e. The van der Waals surface area contributed by atoms with E-state index < -0.39 is 6.10 Å². The molecule has 0 saturated carbocycles. The third-order valence-electron chi connectivity index (χ3n) is 2.73. The molecule has 0 bridgehead atoms. The van der Waals surface area contributed by atoms with Crippen molar-refractivity contribution in [2.45, 2.75) is 19.6 Å². The Balaban J connectivity index is 2.26. The number of nitrogens with zero attached hydrogens (tertiary/aromatic N) is 2. The Hall–Kier alpha value is -1.46. The maximum atomic E-state index is 13.2. The molecule has 0 radical (unpaired) electrons. The average molecular weight is 266 g/mol. The van der Waals surface area contributed by atoms with Gasteiger partial charge in [0.25, 0.3) is 0 Å². The van der Waals surface area contributed by atoms with E-state index in [1.807, 2.05) is 17.3 Å². The summed E-state index contributed by atoms with van der Waals surface area (Å²) in [7, 11) is 1.90. The highest BCUT2D eigenvalue weighted by Gasteiger charge is 2.13. The van der Waals surface area contributed by atoms with Crippen LogP contribution in [0.15, 0.2) is 29.1 Å². The van der Waals surface area contributed by atoms with Crippen molar-refractivity contribution in [2.24, 2.45) is 0 Å². The Kier molecular flexibility index (Phi) is 3.93. The van der Waals surface area contributed by atoms with Gasteiger partial charge in [-0.15, -0.1) is 11.3 Å². The topological polar surface area (TPSA) is 36.4 Å². The van der Waals surface area contributed by atoms with Crippen LogP contribution in [0.2, 0.25) is 0 Å². The molecule has 0 aliphatic rings. The van der Waals surface area contributed by atoms with Crippen molar-refractivity contribution in [3.63, 3.8) is 0 Å². The first-order valence-electron chi connectivity index (χ1n) is 5.63. The zero-order chi connectivity index (χ0) is 13.1. The molecular formula is C13H15FN2OS. The van der Waals surface area contributed by atoms with Crippen LogP contribution in [0, 0.1) is 5.82 Å². The van der Waals surface area contributed by atoms with E-state index in [-0.39, 0.29) is 5.82 Å². The number of aromatic nitrogens is 1. The molecule has 0 spiro atoms. The van der Waals surface area contributed by atoms with E-state index in [4.69, 9.17) is 0 Å². The number of aliphatic hydroxyl groups is 1. The molecule has 18 heavy (non-hydrogen) atoms. The van der Waals surface area contributed by atoms with Crippen molar-refractivity contribution >= 4 is 17.0 Å². The van der Waals surface area contributed by atoms with Crippen LogP contribution >= 0.6 is 11.3 Å². The van der Waals surface area contributed by atoms with Crippen LogP contribution in [0.3, 0.4) is 0 Å². The van der Waals surface area contributed by atoms with Crippen LogP contribution in [0.1, 0.15) is 24.3 Å². The van der Waals surface area contributed by atoms with E-state index in [9.17, 15) is 9.50 Å². The molecule has 0 aliphatic heterocycles. The molecule has 1 N–H and O–H groups in total. The molecule has 0 aliphatic carbocycles. The van der Waals surface area contributed by atoms with Crippen molar-refractivity contribution in [1.82, 2.24) is 4.98 Å². The molecular weight excluding hydrogens is 251 g/mol. The number of benzene rings is 1. The third-order valence-corrected chi connectivity index (χ3v) is 3.37. The molecule has 1 aromatic carbocycles. The first-order chi connectivity index (χ1) is 8.58. The second kappa shape index (κ2) is 5.46. The highest BCUT2D eigenvalue weighted by atomic mass is 32.1. The number of hydrogen-bond acceptors (Lipinski definition) is 4. The Bertz CT molecular complexity index is 514. The fourth-order valence-corrected chi connectivity index (χ4v) is 2.40. The third kappa shape index (κ3) is 2.86. The smallest absolute Gasteiger partial charge is 0.123 e. The minimum atomic E-state index is -0.700. The van der Waals surface area contributed by atoms with Crippen molar-refractivity contribution in [2.75, 3.05) is 11.9 Å². The highest BCUT2D eigenvalue weighted by Crippen LogP contribution is 2.27. The molecule has 0 saturated heterocycles. The van der Waals surface area contributed by atoms with E-state index >= 15 is 0 Å². The number of halogens is 1. The van der Waals surface area contributed by atoms with Gasteiger partial charge in [-0.2, -0.15) is 0 Å². The Morgan fingerprint density at radius 2 is 2.28 bits per heavy atom. The van der Waals surface area contributed by atoms with Gasteiger partial charge in [-0.25, -0.2) is 9.37 Å². The van der Waals surface area contributed by atoms with E-state index in [1.165, 1.54) is 12.1 Å². The van der Waals surface area contributed by atoms with Crippen molar-refractivity contribution < 1.29 is 9.50 Å². The van der Waals surface area contributed by atoms with Crippen LogP contribution in [0.5, 0.6) is 0 Å². The van der Waals surface area contributed by atoms with E-state index in [0.29, 0.717) is 12.1 Å². The second-order valence-corrected chi connectivity index (χ2v) is 4.93. The van der Waals surface area contributed by atoms with Gasteiger partial charge >= 0.3 is 0 Å². The molecule has 0 amide bonds. The summed E-state index contributed by atoms with van der Waals surface area (Å²) in [6.07, 6.45) is -0.700. The normalized spacial score (nSPS) is 12.4. The lowest BCUT2D eigenvalue weighted by molar-refractivity contribution is 0.199. The number of thiazole rings is 1. The molecule has 96 valence electrons. The molecule has 1 aromatic heterocycles.